The van der Waals surface area contributed by atoms with Gasteiger partial charge in [-0.1, -0.05) is 13.3 Å². The molecule has 0 saturated carbocycles. The van der Waals surface area contributed by atoms with Gasteiger partial charge in [0, 0.05) is 6.42 Å². The SMILES string of the molecule is CCCCc1nc(C)c(Br)c(N)n1. The number of aromatic nitrogens is 2. The van der Waals surface area contributed by atoms with Crippen molar-refractivity contribution in [3.8, 4) is 0 Å². The van der Waals surface area contributed by atoms with Crippen molar-refractivity contribution in [3.63, 3.8) is 0 Å². The largest absolute Gasteiger partial charge is 0.383 e. The van der Waals surface area contributed by atoms with Crippen LogP contribution in [0.15, 0.2) is 4.47 Å². The lowest BCUT2D eigenvalue weighted by molar-refractivity contribution is 0.748. The van der Waals surface area contributed by atoms with Gasteiger partial charge in [-0.3, -0.25) is 0 Å². The summed E-state index contributed by atoms with van der Waals surface area (Å²) in [5.41, 5.74) is 6.61. The van der Waals surface area contributed by atoms with E-state index in [1.54, 1.807) is 0 Å². The molecular formula is C9H14BrN3. The van der Waals surface area contributed by atoms with Gasteiger partial charge in [0.15, 0.2) is 0 Å². The first-order chi connectivity index (χ1) is 6.15. The number of hydrogen-bond donors (Lipinski definition) is 1. The van der Waals surface area contributed by atoms with Crippen LogP contribution in [-0.2, 0) is 6.42 Å². The average Bonchev–Trinajstić information content (AvgIpc) is 2.10. The molecule has 0 aromatic carbocycles. The topological polar surface area (TPSA) is 51.8 Å². The smallest absolute Gasteiger partial charge is 0.141 e. The molecule has 0 unspecified atom stereocenters. The monoisotopic (exact) mass is 243 g/mol. The van der Waals surface area contributed by atoms with E-state index in [0.29, 0.717) is 5.82 Å². The zero-order chi connectivity index (χ0) is 9.84. The Balaban J connectivity index is 2.86. The first kappa shape index (κ1) is 10.4. The molecule has 0 fully saturated rings. The van der Waals surface area contributed by atoms with Gasteiger partial charge in [0.1, 0.15) is 11.6 Å². The van der Waals surface area contributed by atoms with Crippen molar-refractivity contribution in [1.82, 2.24) is 9.97 Å². The van der Waals surface area contributed by atoms with Crippen molar-refractivity contribution in [2.45, 2.75) is 33.1 Å². The third-order valence-electron chi connectivity index (χ3n) is 1.84. The third kappa shape index (κ3) is 2.66. The van der Waals surface area contributed by atoms with Gasteiger partial charge in [-0.2, -0.15) is 0 Å². The molecule has 0 bridgehead atoms. The first-order valence-corrected chi connectivity index (χ1v) is 5.23. The fraction of sp³-hybridized carbons (Fsp3) is 0.556. The van der Waals surface area contributed by atoms with Gasteiger partial charge in [0.2, 0.25) is 0 Å². The highest BCUT2D eigenvalue weighted by atomic mass is 79.9. The van der Waals surface area contributed by atoms with Crippen molar-refractivity contribution >= 4 is 21.7 Å². The Kier molecular flexibility index (Phi) is 3.66. The zero-order valence-corrected chi connectivity index (χ0v) is 9.56. The second-order valence-corrected chi connectivity index (χ2v) is 3.82. The maximum Gasteiger partial charge on any atom is 0.141 e. The normalized spacial score (nSPS) is 10.4. The molecule has 1 rings (SSSR count). The molecule has 0 aliphatic rings. The number of halogens is 1. The highest BCUT2D eigenvalue weighted by molar-refractivity contribution is 9.10. The Hall–Kier alpha value is -0.640. The minimum absolute atomic E-state index is 0.540. The van der Waals surface area contributed by atoms with Crippen LogP contribution in [0.2, 0.25) is 0 Å². The van der Waals surface area contributed by atoms with Crippen LogP contribution in [0, 0.1) is 6.92 Å². The van der Waals surface area contributed by atoms with E-state index in [0.717, 1.165) is 35.3 Å². The summed E-state index contributed by atoms with van der Waals surface area (Å²) in [6, 6.07) is 0. The molecule has 72 valence electrons. The predicted molar refractivity (Wildman–Crippen MR) is 57.5 cm³/mol. The first-order valence-electron chi connectivity index (χ1n) is 4.43. The molecule has 2 N–H and O–H groups in total. The van der Waals surface area contributed by atoms with E-state index in [9.17, 15) is 0 Å². The van der Waals surface area contributed by atoms with Crippen LogP contribution in [0.25, 0.3) is 0 Å². The molecule has 0 atom stereocenters. The minimum Gasteiger partial charge on any atom is -0.383 e. The number of nitrogens with two attached hydrogens (primary N) is 1. The Morgan fingerprint density at radius 3 is 2.62 bits per heavy atom. The van der Waals surface area contributed by atoms with Gasteiger partial charge >= 0.3 is 0 Å². The third-order valence-corrected chi connectivity index (χ3v) is 2.82. The van der Waals surface area contributed by atoms with E-state index in [-0.39, 0.29) is 0 Å². The second-order valence-electron chi connectivity index (χ2n) is 3.03. The van der Waals surface area contributed by atoms with Crippen molar-refractivity contribution in [1.29, 1.82) is 0 Å². The number of unbranched alkanes of at least 4 members (excludes halogenated alkanes) is 1. The quantitative estimate of drug-likeness (QED) is 0.888. The van der Waals surface area contributed by atoms with E-state index >= 15 is 0 Å². The molecule has 0 saturated heterocycles. The summed E-state index contributed by atoms with van der Waals surface area (Å²) in [6.45, 7) is 4.08. The molecule has 0 radical (unpaired) electrons. The summed E-state index contributed by atoms with van der Waals surface area (Å²) in [5.74, 6) is 1.39. The fourth-order valence-electron chi connectivity index (χ4n) is 1.09. The molecule has 13 heavy (non-hydrogen) atoms. The number of nitrogen functional groups attached to an aromatic ring is 1. The lowest BCUT2D eigenvalue weighted by atomic mass is 10.2. The molecule has 1 aromatic heterocycles. The highest BCUT2D eigenvalue weighted by Crippen LogP contribution is 2.20. The Morgan fingerprint density at radius 2 is 2.08 bits per heavy atom. The van der Waals surface area contributed by atoms with E-state index < -0.39 is 0 Å². The van der Waals surface area contributed by atoms with Gasteiger partial charge in [-0.15, -0.1) is 0 Å². The Bertz CT molecular complexity index is 276. The number of rotatable bonds is 3. The summed E-state index contributed by atoms with van der Waals surface area (Å²) < 4.78 is 0.813. The maximum atomic E-state index is 5.70. The summed E-state index contributed by atoms with van der Waals surface area (Å²) in [4.78, 5) is 8.52. The number of hydrogen-bond acceptors (Lipinski definition) is 3. The Morgan fingerprint density at radius 1 is 1.38 bits per heavy atom. The van der Waals surface area contributed by atoms with Crippen LogP contribution in [0.5, 0.6) is 0 Å². The molecule has 3 nitrogen and oxygen atoms in total. The van der Waals surface area contributed by atoms with E-state index in [1.165, 1.54) is 0 Å². The van der Waals surface area contributed by atoms with Gasteiger partial charge in [0.05, 0.1) is 10.2 Å². The molecule has 1 heterocycles. The van der Waals surface area contributed by atoms with Crippen LogP contribution in [0.1, 0.15) is 31.3 Å². The van der Waals surface area contributed by atoms with Gasteiger partial charge in [0.25, 0.3) is 0 Å². The van der Waals surface area contributed by atoms with E-state index in [4.69, 9.17) is 5.73 Å². The summed E-state index contributed by atoms with van der Waals surface area (Å²) in [5, 5.41) is 0. The number of nitrogens with zero attached hydrogens (tertiary/aromatic N) is 2. The molecular weight excluding hydrogens is 230 g/mol. The lowest BCUT2D eigenvalue weighted by Crippen LogP contribution is -2.03. The molecule has 0 amide bonds. The minimum atomic E-state index is 0.540. The standard InChI is InChI=1S/C9H14BrN3/c1-3-4-5-7-12-6(2)8(10)9(11)13-7/h3-5H2,1-2H3,(H2,11,12,13). The molecule has 0 aliphatic carbocycles. The molecule has 0 aliphatic heterocycles. The number of anilines is 1. The second kappa shape index (κ2) is 4.56. The van der Waals surface area contributed by atoms with Gasteiger partial charge in [-0.25, -0.2) is 9.97 Å². The summed E-state index contributed by atoms with van der Waals surface area (Å²) in [6.07, 6.45) is 3.17. The van der Waals surface area contributed by atoms with E-state index in [2.05, 4.69) is 32.8 Å². The van der Waals surface area contributed by atoms with Crippen LogP contribution in [-0.4, -0.2) is 9.97 Å². The lowest BCUT2D eigenvalue weighted by Gasteiger charge is -2.04. The van der Waals surface area contributed by atoms with Crippen LogP contribution < -0.4 is 5.73 Å². The molecule has 0 spiro atoms. The van der Waals surface area contributed by atoms with Crippen molar-refractivity contribution in [2.75, 3.05) is 5.73 Å². The van der Waals surface area contributed by atoms with Crippen molar-refractivity contribution < 1.29 is 0 Å². The van der Waals surface area contributed by atoms with E-state index in [1.807, 2.05) is 6.92 Å². The van der Waals surface area contributed by atoms with Gasteiger partial charge in [-0.05, 0) is 29.3 Å². The summed E-state index contributed by atoms with van der Waals surface area (Å²) >= 11 is 3.33. The number of aryl methyl sites for hydroxylation is 2. The Labute approximate surface area is 86.9 Å². The predicted octanol–water partition coefficient (Wildman–Crippen LogP) is 2.47. The average molecular weight is 244 g/mol. The van der Waals surface area contributed by atoms with Crippen LogP contribution in [0.4, 0.5) is 5.82 Å². The zero-order valence-electron chi connectivity index (χ0n) is 7.97. The van der Waals surface area contributed by atoms with Crippen LogP contribution in [0.3, 0.4) is 0 Å². The summed E-state index contributed by atoms with van der Waals surface area (Å²) in [7, 11) is 0. The molecule has 4 heteroatoms. The fourth-order valence-corrected chi connectivity index (χ4v) is 1.27. The highest BCUT2D eigenvalue weighted by Gasteiger charge is 2.05. The van der Waals surface area contributed by atoms with Crippen molar-refractivity contribution in [3.05, 3.63) is 16.0 Å². The van der Waals surface area contributed by atoms with Crippen LogP contribution >= 0.6 is 15.9 Å². The molecule has 1 aromatic rings. The maximum absolute atomic E-state index is 5.70. The van der Waals surface area contributed by atoms with Gasteiger partial charge < -0.3 is 5.73 Å². The van der Waals surface area contributed by atoms with Crippen molar-refractivity contribution in [2.24, 2.45) is 0 Å².